The van der Waals surface area contributed by atoms with Gasteiger partial charge < -0.3 is 10.2 Å². The smallest absolute Gasteiger partial charge is 0.243 e. The Kier molecular flexibility index (Phi) is 3.60. The zero-order valence-electron chi connectivity index (χ0n) is 12.0. The summed E-state index contributed by atoms with van der Waals surface area (Å²) in [5, 5.41) is 3.42. The van der Waals surface area contributed by atoms with Crippen LogP contribution in [0.2, 0.25) is 0 Å². The van der Waals surface area contributed by atoms with Crippen LogP contribution in [0.25, 0.3) is 0 Å². The zero-order valence-corrected chi connectivity index (χ0v) is 12.0. The van der Waals surface area contributed by atoms with Crippen molar-refractivity contribution in [1.29, 1.82) is 0 Å². The van der Waals surface area contributed by atoms with E-state index in [1.165, 1.54) is 25.7 Å². The Morgan fingerprint density at radius 2 is 1.70 bits per heavy atom. The van der Waals surface area contributed by atoms with Crippen molar-refractivity contribution < 1.29 is 0 Å². The first kappa shape index (κ1) is 13.4. The number of hydrogen-bond acceptors (Lipinski definition) is 7. The molecule has 3 rings (SSSR count). The van der Waals surface area contributed by atoms with Crippen molar-refractivity contribution in [1.82, 2.24) is 15.0 Å². The molecule has 7 nitrogen and oxygen atoms in total. The van der Waals surface area contributed by atoms with E-state index >= 15 is 0 Å². The molecule has 0 spiro atoms. The number of piperidine rings is 1. The topological polar surface area (TPSA) is 92.0 Å². The first-order valence-electron chi connectivity index (χ1n) is 7.44. The molecule has 0 unspecified atom stereocenters. The average molecular weight is 277 g/mol. The second-order valence-electron chi connectivity index (χ2n) is 6.01. The highest BCUT2D eigenvalue weighted by molar-refractivity contribution is 5.45. The van der Waals surface area contributed by atoms with Crippen LogP contribution in [0.5, 0.6) is 0 Å². The Balaban J connectivity index is 1.82. The predicted molar refractivity (Wildman–Crippen MR) is 79.6 cm³/mol. The highest BCUT2D eigenvalue weighted by Crippen LogP contribution is 2.34. The van der Waals surface area contributed by atoms with Crippen molar-refractivity contribution in [3.05, 3.63) is 0 Å². The molecule has 1 aliphatic carbocycles. The maximum atomic E-state index is 5.48. The number of nitrogens with one attached hydrogen (secondary N) is 2. The number of rotatable bonds is 4. The summed E-state index contributed by atoms with van der Waals surface area (Å²) in [6.45, 7) is 4.21. The maximum absolute atomic E-state index is 5.48. The molecule has 0 radical (unpaired) electrons. The lowest BCUT2D eigenvalue weighted by Gasteiger charge is -2.39. The van der Waals surface area contributed by atoms with Crippen molar-refractivity contribution in [2.24, 2.45) is 5.84 Å². The van der Waals surface area contributed by atoms with Crippen LogP contribution in [-0.2, 0) is 0 Å². The van der Waals surface area contributed by atoms with E-state index in [4.69, 9.17) is 5.84 Å². The zero-order chi connectivity index (χ0) is 14.0. The molecule has 2 heterocycles. The van der Waals surface area contributed by atoms with Crippen LogP contribution in [0.3, 0.4) is 0 Å². The lowest BCUT2D eigenvalue weighted by Crippen LogP contribution is -2.42. The van der Waals surface area contributed by atoms with Crippen LogP contribution < -0.4 is 21.5 Å². The highest BCUT2D eigenvalue weighted by Gasteiger charge is 2.32. The van der Waals surface area contributed by atoms with E-state index in [9.17, 15) is 0 Å². The summed E-state index contributed by atoms with van der Waals surface area (Å²) in [7, 11) is 0. The number of nitrogen functional groups attached to an aromatic ring is 1. The molecule has 0 aromatic carbocycles. The van der Waals surface area contributed by atoms with Gasteiger partial charge in [-0.15, -0.1) is 0 Å². The maximum Gasteiger partial charge on any atom is 0.243 e. The molecule has 1 saturated heterocycles. The monoisotopic (exact) mass is 277 g/mol. The van der Waals surface area contributed by atoms with E-state index in [1.807, 2.05) is 0 Å². The third-order valence-corrected chi connectivity index (χ3v) is 4.26. The lowest BCUT2D eigenvalue weighted by molar-refractivity contribution is 0.304. The Bertz CT molecular complexity index is 466. The van der Waals surface area contributed by atoms with E-state index in [1.54, 1.807) is 0 Å². The van der Waals surface area contributed by atoms with Crippen LogP contribution in [0, 0.1) is 0 Å². The van der Waals surface area contributed by atoms with Gasteiger partial charge >= 0.3 is 0 Å². The second kappa shape index (κ2) is 5.40. The summed E-state index contributed by atoms with van der Waals surface area (Å²) in [5.41, 5.74) is 2.66. The molecule has 2 fully saturated rings. The Morgan fingerprint density at radius 3 is 2.30 bits per heavy atom. The number of aromatic nitrogens is 3. The van der Waals surface area contributed by atoms with Gasteiger partial charge in [0.2, 0.25) is 17.8 Å². The molecule has 1 aromatic rings. The van der Waals surface area contributed by atoms with Gasteiger partial charge in [-0.25, -0.2) is 5.84 Å². The quantitative estimate of drug-likeness (QED) is 0.567. The molecular weight excluding hydrogens is 254 g/mol. The Morgan fingerprint density at radius 1 is 1.00 bits per heavy atom. The minimum Gasteiger partial charge on any atom is -0.349 e. The van der Waals surface area contributed by atoms with Gasteiger partial charge in [-0.1, -0.05) is 0 Å². The van der Waals surface area contributed by atoms with Gasteiger partial charge in [-0.05, 0) is 45.4 Å². The van der Waals surface area contributed by atoms with E-state index < -0.39 is 0 Å². The van der Waals surface area contributed by atoms with Gasteiger partial charge in [0.1, 0.15) is 0 Å². The van der Waals surface area contributed by atoms with Crippen LogP contribution in [0.1, 0.15) is 45.4 Å². The molecule has 1 aromatic heterocycles. The summed E-state index contributed by atoms with van der Waals surface area (Å²) in [5.74, 6) is 7.24. The minimum absolute atomic E-state index is 0.117. The first-order chi connectivity index (χ1) is 9.68. The second-order valence-corrected chi connectivity index (χ2v) is 6.01. The number of hydrazine groups is 1. The van der Waals surface area contributed by atoms with Gasteiger partial charge in [-0.2, -0.15) is 15.0 Å². The third kappa shape index (κ3) is 2.77. The molecule has 0 atom stereocenters. The molecule has 0 bridgehead atoms. The van der Waals surface area contributed by atoms with Crippen LogP contribution in [0.4, 0.5) is 17.8 Å². The van der Waals surface area contributed by atoms with Crippen LogP contribution in [-0.4, -0.2) is 33.6 Å². The van der Waals surface area contributed by atoms with Crippen LogP contribution >= 0.6 is 0 Å². The van der Waals surface area contributed by atoms with Gasteiger partial charge in [-0.3, -0.25) is 5.43 Å². The fourth-order valence-electron chi connectivity index (χ4n) is 2.82. The van der Waals surface area contributed by atoms with Crippen molar-refractivity contribution in [3.8, 4) is 0 Å². The first-order valence-corrected chi connectivity index (χ1v) is 7.44. The van der Waals surface area contributed by atoms with E-state index in [2.05, 4.69) is 37.5 Å². The molecule has 1 aliphatic heterocycles. The molecule has 20 heavy (non-hydrogen) atoms. The number of hydrogen-bond donors (Lipinski definition) is 3. The summed E-state index contributed by atoms with van der Waals surface area (Å²) in [4.78, 5) is 15.5. The third-order valence-electron chi connectivity index (χ3n) is 4.26. The van der Waals surface area contributed by atoms with Gasteiger partial charge in [0.15, 0.2) is 0 Å². The number of nitrogens with two attached hydrogens (primary N) is 1. The Labute approximate surface area is 119 Å². The standard InChI is InChI=1S/C13H23N7/c1-13(6-5-7-13)18-10-15-11(19-14)17-12(16-10)20-8-3-2-4-9-20/h2-9,14H2,1H3,(H2,15,16,17,18,19). The SMILES string of the molecule is CC1(Nc2nc(NN)nc(N3CCCCC3)n2)CCC1. The molecule has 1 saturated carbocycles. The summed E-state index contributed by atoms with van der Waals surface area (Å²) in [6.07, 6.45) is 7.24. The fourth-order valence-corrected chi connectivity index (χ4v) is 2.82. The van der Waals surface area contributed by atoms with Crippen LogP contribution in [0.15, 0.2) is 0 Å². The van der Waals surface area contributed by atoms with Gasteiger partial charge in [0, 0.05) is 18.6 Å². The molecule has 0 amide bonds. The molecule has 7 heteroatoms. The van der Waals surface area contributed by atoms with Crippen molar-refractivity contribution >= 4 is 17.8 Å². The number of anilines is 3. The Hall–Kier alpha value is -1.63. The average Bonchev–Trinajstić information content (AvgIpc) is 2.46. The number of nitrogens with zero attached hydrogens (tertiary/aromatic N) is 4. The molecule has 110 valence electrons. The molecule has 2 aliphatic rings. The lowest BCUT2D eigenvalue weighted by atomic mass is 9.79. The normalized spacial score (nSPS) is 21.2. The summed E-state index contributed by atoms with van der Waals surface area (Å²) < 4.78 is 0. The largest absolute Gasteiger partial charge is 0.349 e. The van der Waals surface area contributed by atoms with Crippen molar-refractivity contribution in [3.63, 3.8) is 0 Å². The molecule has 4 N–H and O–H groups in total. The van der Waals surface area contributed by atoms with Gasteiger partial charge in [0.05, 0.1) is 0 Å². The van der Waals surface area contributed by atoms with E-state index in [-0.39, 0.29) is 5.54 Å². The predicted octanol–water partition coefficient (Wildman–Crippen LogP) is 1.50. The summed E-state index contributed by atoms with van der Waals surface area (Å²) >= 11 is 0. The van der Waals surface area contributed by atoms with Crippen molar-refractivity contribution in [2.75, 3.05) is 28.7 Å². The van der Waals surface area contributed by atoms with E-state index in [0.29, 0.717) is 11.9 Å². The highest BCUT2D eigenvalue weighted by atomic mass is 15.4. The van der Waals surface area contributed by atoms with E-state index in [0.717, 1.165) is 31.9 Å². The summed E-state index contributed by atoms with van der Waals surface area (Å²) in [6, 6.07) is 0. The van der Waals surface area contributed by atoms with Crippen molar-refractivity contribution in [2.45, 2.75) is 51.0 Å². The minimum atomic E-state index is 0.117. The molecular formula is C13H23N7. The fraction of sp³-hybridized carbons (Fsp3) is 0.769. The van der Waals surface area contributed by atoms with Gasteiger partial charge in [0.25, 0.3) is 0 Å².